The van der Waals surface area contributed by atoms with Gasteiger partial charge in [0.15, 0.2) is 0 Å². The zero-order valence-corrected chi connectivity index (χ0v) is 9.07. The van der Waals surface area contributed by atoms with Crippen molar-refractivity contribution in [2.75, 3.05) is 20.6 Å². The molecule has 1 unspecified atom stereocenters. The van der Waals surface area contributed by atoms with Crippen LogP contribution in [0.2, 0.25) is 0 Å². The van der Waals surface area contributed by atoms with Crippen LogP contribution in [-0.4, -0.2) is 35.2 Å². The molecular weight excluding hydrogens is 178 g/mol. The molecule has 3 N–H and O–H groups in total. The fraction of sp³-hybridized carbons (Fsp3) is 0.667. The highest BCUT2D eigenvalue weighted by Crippen LogP contribution is 2.10. The first kappa shape index (κ1) is 11.2. The largest absolute Gasteiger partial charge is 0.333 e. The highest BCUT2D eigenvalue weighted by atomic mass is 15.5. The van der Waals surface area contributed by atoms with Crippen LogP contribution >= 0.6 is 0 Å². The molecule has 0 fully saturated rings. The van der Waals surface area contributed by atoms with Gasteiger partial charge in [-0.3, -0.25) is 0 Å². The molecule has 0 spiro atoms. The highest BCUT2D eigenvalue weighted by Gasteiger charge is 2.13. The van der Waals surface area contributed by atoms with E-state index in [0.717, 1.165) is 12.2 Å². The number of aromatic nitrogens is 2. The van der Waals surface area contributed by atoms with Crippen LogP contribution in [0.15, 0.2) is 12.5 Å². The summed E-state index contributed by atoms with van der Waals surface area (Å²) in [6.45, 7) is 3.57. The molecule has 5 heteroatoms. The second-order valence-corrected chi connectivity index (χ2v) is 3.42. The van der Waals surface area contributed by atoms with Crippen molar-refractivity contribution in [2.45, 2.75) is 19.5 Å². The van der Waals surface area contributed by atoms with Gasteiger partial charge < -0.3 is 10.3 Å². The van der Waals surface area contributed by atoms with Crippen molar-refractivity contribution in [3.05, 3.63) is 18.2 Å². The zero-order valence-electron chi connectivity index (χ0n) is 9.07. The van der Waals surface area contributed by atoms with Gasteiger partial charge in [-0.15, -0.1) is 0 Å². The molecular formula is C9H19N5. The van der Waals surface area contributed by atoms with E-state index in [-0.39, 0.29) is 6.04 Å². The minimum Gasteiger partial charge on any atom is -0.333 e. The summed E-state index contributed by atoms with van der Waals surface area (Å²) in [7, 11) is 3.91. The molecule has 5 nitrogen and oxygen atoms in total. The Kier molecular flexibility index (Phi) is 4.06. The van der Waals surface area contributed by atoms with Crippen molar-refractivity contribution in [1.82, 2.24) is 20.0 Å². The van der Waals surface area contributed by atoms with E-state index >= 15 is 0 Å². The molecule has 0 saturated heterocycles. The van der Waals surface area contributed by atoms with E-state index in [4.69, 9.17) is 5.73 Å². The highest BCUT2D eigenvalue weighted by molar-refractivity contribution is 5.05. The third-order valence-electron chi connectivity index (χ3n) is 2.09. The Morgan fingerprint density at radius 1 is 1.64 bits per heavy atom. The molecule has 1 aromatic heterocycles. The first-order valence-corrected chi connectivity index (χ1v) is 4.82. The van der Waals surface area contributed by atoms with E-state index < -0.39 is 0 Å². The van der Waals surface area contributed by atoms with Crippen LogP contribution in [0.4, 0.5) is 0 Å². The summed E-state index contributed by atoms with van der Waals surface area (Å²) >= 11 is 0. The third kappa shape index (κ3) is 2.54. The van der Waals surface area contributed by atoms with Crippen molar-refractivity contribution < 1.29 is 0 Å². The van der Waals surface area contributed by atoms with Gasteiger partial charge in [0.2, 0.25) is 0 Å². The second kappa shape index (κ2) is 5.09. The van der Waals surface area contributed by atoms with E-state index in [2.05, 4.69) is 21.9 Å². The van der Waals surface area contributed by atoms with Crippen molar-refractivity contribution in [3.63, 3.8) is 0 Å². The monoisotopic (exact) mass is 197 g/mol. The van der Waals surface area contributed by atoms with E-state index in [9.17, 15) is 0 Å². The molecule has 1 atom stereocenters. The Morgan fingerprint density at radius 2 is 2.36 bits per heavy atom. The van der Waals surface area contributed by atoms with Crippen LogP contribution < -0.4 is 11.2 Å². The summed E-state index contributed by atoms with van der Waals surface area (Å²) in [4.78, 5) is 4.12. The summed E-state index contributed by atoms with van der Waals surface area (Å²) in [5, 5.41) is 1.91. The van der Waals surface area contributed by atoms with Crippen LogP contribution in [0.3, 0.4) is 0 Å². The molecule has 0 aliphatic rings. The number of hydrogen-bond donors (Lipinski definition) is 2. The van der Waals surface area contributed by atoms with Crippen LogP contribution in [-0.2, 0) is 6.54 Å². The SMILES string of the molecule is CCn1cncc1C(CN)NN(C)C. The van der Waals surface area contributed by atoms with Gasteiger partial charge in [-0.05, 0) is 6.92 Å². The molecule has 0 bridgehead atoms. The maximum absolute atomic E-state index is 5.71. The minimum absolute atomic E-state index is 0.132. The van der Waals surface area contributed by atoms with Gasteiger partial charge in [0.05, 0.1) is 18.1 Å². The number of hydrazine groups is 1. The molecule has 0 aliphatic carbocycles. The lowest BCUT2D eigenvalue weighted by molar-refractivity contribution is 0.240. The number of nitrogens with two attached hydrogens (primary N) is 1. The van der Waals surface area contributed by atoms with Crippen molar-refractivity contribution in [3.8, 4) is 0 Å². The first-order chi connectivity index (χ1) is 6.69. The summed E-state index contributed by atoms with van der Waals surface area (Å²) in [5.41, 5.74) is 10.1. The van der Waals surface area contributed by atoms with E-state index in [1.54, 1.807) is 0 Å². The Labute approximate surface area is 84.9 Å². The van der Waals surface area contributed by atoms with Crippen LogP contribution in [0, 0.1) is 0 Å². The Hall–Kier alpha value is -0.910. The van der Waals surface area contributed by atoms with Crippen LogP contribution in [0.5, 0.6) is 0 Å². The molecule has 1 heterocycles. The lowest BCUT2D eigenvalue weighted by atomic mass is 10.2. The molecule has 0 aromatic carbocycles. The van der Waals surface area contributed by atoms with Crippen LogP contribution in [0.25, 0.3) is 0 Å². The Bertz CT molecular complexity index is 268. The number of hydrogen-bond acceptors (Lipinski definition) is 4. The molecule has 1 rings (SSSR count). The van der Waals surface area contributed by atoms with Crippen LogP contribution in [0.1, 0.15) is 18.7 Å². The normalized spacial score (nSPS) is 13.5. The smallest absolute Gasteiger partial charge is 0.0948 e. The average Bonchev–Trinajstić information content (AvgIpc) is 2.61. The Morgan fingerprint density at radius 3 is 2.86 bits per heavy atom. The lowest BCUT2D eigenvalue weighted by Crippen LogP contribution is -2.38. The maximum atomic E-state index is 5.71. The molecule has 0 amide bonds. The van der Waals surface area contributed by atoms with Crippen molar-refractivity contribution in [1.29, 1.82) is 0 Å². The quantitative estimate of drug-likeness (QED) is 0.651. The topological polar surface area (TPSA) is 59.1 Å². The second-order valence-electron chi connectivity index (χ2n) is 3.42. The zero-order chi connectivity index (χ0) is 10.6. The number of nitrogens with zero attached hydrogens (tertiary/aromatic N) is 3. The number of nitrogens with one attached hydrogen (secondary N) is 1. The Balaban J connectivity index is 2.77. The summed E-state index contributed by atoms with van der Waals surface area (Å²) in [6, 6.07) is 0.132. The molecule has 0 aliphatic heterocycles. The standard InChI is InChI=1S/C9H19N5/c1-4-14-7-11-6-9(14)8(5-10)12-13(2)3/h6-8,12H,4-5,10H2,1-3H3. The van der Waals surface area contributed by atoms with Crippen molar-refractivity contribution in [2.24, 2.45) is 5.73 Å². The van der Waals surface area contributed by atoms with Gasteiger partial charge in [-0.2, -0.15) is 0 Å². The summed E-state index contributed by atoms with van der Waals surface area (Å²) < 4.78 is 2.09. The molecule has 0 saturated carbocycles. The fourth-order valence-electron chi connectivity index (χ4n) is 1.44. The number of aryl methyl sites for hydroxylation is 1. The third-order valence-corrected chi connectivity index (χ3v) is 2.09. The van der Waals surface area contributed by atoms with E-state index in [0.29, 0.717) is 6.54 Å². The number of rotatable bonds is 5. The summed E-state index contributed by atoms with van der Waals surface area (Å²) in [5.74, 6) is 0. The maximum Gasteiger partial charge on any atom is 0.0948 e. The predicted octanol–water partition coefficient (Wildman–Crippen LogP) is -0.0310. The van der Waals surface area contributed by atoms with Gasteiger partial charge in [-0.1, -0.05) is 0 Å². The molecule has 0 radical (unpaired) electrons. The van der Waals surface area contributed by atoms with Gasteiger partial charge in [0.1, 0.15) is 0 Å². The fourth-order valence-corrected chi connectivity index (χ4v) is 1.44. The molecule has 80 valence electrons. The van der Waals surface area contributed by atoms with Gasteiger partial charge in [0.25, 0.3) is 0 Å². The minimum atomic E-state index is 0.132. The summed E-state index contributed by atoms with van der Waals surface area (Å²) in [6.07, 6.45) is 3.69. The predicted molar refractivity (Wildman–Crippen MR) is 56.5 cm³/mol. The lowest BCUT2D eigenvalue weighted by Gasteiger charge is -2.22. The average molecular weight is 197 g/mol. The van der Waals surface area contributed by atoms with Crippen molar-refractivity contribution >= 4 is 0 Å². The molecule has 14 heavy (non-hydrogen) atoms. The first-order valence-electron chi connectivity index (χ1n) is 4.82. The van der Waals surface area contributed by atoms with Gasteiger partial charge >= 0.3 is 0 Å². The van der Waals surface area contributed by atoms with E-state index in [1.165, 1.54) is 0 Å². The van der Waals surface area contributed by atoms with Gasteiger partial charge in [0, 0.05) is 33.4 Å². The van der Waals surface area contributed by atoms with E-state index in [1.807, 2.05) is 31.6 Å². The molecule has 1 aromatic rings. The van der Waals surface area contributed by atoms with Gasteiger partial charge in [-0.25, -0.2) is 15.4 Å². The number of imidazole rings is 1.